The fourth-order valence-electron chi connectivity index (χ4n) is 3.68. The standard InChI is InChI=1S/C18H31N4/c1-16(2)21-8-10-22(11-9-21)18-12-17(13-19-14-18)15-20-6-4-3-5-7-20/h12,16,19H,3-11,13,15H2,1-2H3. The van der Waals surface area contributed by atoms with Gasteiger partial charge in [0.25, 0.3) is 0 Å². The second kappa shape index (κ2) is 7.51. The van der Waals surface area contributed by atoms with E-state index in [-0.39, 0.29) is 0 Å². The smallest absolute Gasteiger partial charge is 0.0837 e. The largest absolute Gasteiger partial charge is 0.378 e. The van der Waals surface area contributed by atoms with E-state index >= 15 is 0 Å². The number of hydrogen-bond acceptors (Lipinski definition) is 4. The number of piperidine rings is 1. The molecule has 0 spiro atoms. The molecule has 0 aromatic rings. The summed E-state index contributed by atoms with van der Waals surface area (Å²) in [6.45, 7) is 13.8. The molecule has 0 amide bonds. The molecule has 0 unspecified atom stereocenters. The minimum absolute atomic E-state index is 0.662. The van der Waals surface area contributed by atoms with Crippen LogP contribution in [-0.4, -0.2) is 73.1 Å². The van der Waals surface area contributed by atoms with Crippen LogP contribution in [0.1, 0.15) is 33.1 Å². The molecular weight excluding hydrogens is 272 g/mol. The zero-order valence-corrected chi connectivity index (χ0v) is 14.3. The Hall–Kier alpha value is -1.00. The highest BCUT2D eigenvalue weighted by Crippen LogP contribution is 2.17. The van der Waals surface area contributed by atoms with Crippen molar-refractivity contribution in [2.75, 3.05) is 52.4 Å². The number of nitrogens with one attached hydrogen (secondary N) is 1. The molecule has 0 bridgehead atoms. The lowest BCUT2D eigenvalue weighted by molar-refractivity contribution is 0.131. The second-order valence-electron chi connectivity index (χ2n) is 7.12. The maximum Gasteiger partial charge on any atom is 0.0837 e. The summed E-state index contributed by atoms with van der Waals surface area (Å²) < 4.78 is 0. The van der Waals surface area contributed by atoms with Crippen molar-refractivity contribution < 1.29 is 0 Å². The Morgan fingerprint density at radius 2 is 1.77 bits per heavy atom. The normalized spacial score (nSPS) is 25.0. The van der Waals surface area contributed by atoms with Gasteiger partial charge in [0.2, 0.25) is 0 Å². The van der Waals surface area contributed by atoms with E-state index in [0.29, 0.717) is 6.04 Å². The van der Waals surface area contributed by atoms with Gasteiger partial charge >= 0.3 is 0 Å². The van der Waals surface area contributed by atoms with E-state index in [4.69, 9.17) is 0 Å². The van der Waals surface area contributed by atoms with Crippen LogP contribution in [0.5, 0.6) is 0 Å². The number of nitrogens with zero attached hydrogens (tertiary/aromatic N) is 3. The van der Waals surface area contributed by atoms with Gasteiger partial charge in [0, 0.05) is 45.3 Å². The quantitative estimate of drug-likeness (QED) is 0.853. The fraction of sp³-hybridized carbons (Fsp3) is 0.778. The van der Waals surface area contributed by atoms with Crippen LogP contribution in [-0.2, 0) is 0 Å². The Morgan fingerprint density at radius 1 is 1.05 bits per heavy atom. The lowest BCUT2D eigenvalue weighted by Crippen LogP contribution is -2.48. The van der Waals surface area contributed by atoms with Crippen LogP contribution in [0.3, 0.4) is 0 Å². The highest BCUT2D eigenvalue weighted by atomic mass is 15.3. The summed E-state index contributed by atoms with van der Waals surface area (Å²) in [6.07, 6.45) is 9.91. The number of hydrogen-bond donors (Lipinski definition) is 1. The molecule has 3 aliphatic heterocycles. The van der Waals surface area contributed by atoms with Gasteiger partial charge in [-0.2, -0.15) is 0 Å². The van der Waals surface area contributed by atoms with E-state index in [1.54, 1.807) is 0 Å². The number of allylic oxidation sites excluding steroid dienone is 1. The van der Waals surface area contributed by atoms with E-state index in [9.17, 15) is 0 Å². The highest BCUT2D eigenvalue weighted by molar-refractivity contribution is 5.26. The Balaban J connectivity index is 1.54. The predicted molar refractivity (Wildman–Crippen MR) is 91.4 cm³/mol. The topological polar surface area (TPSA) is 21.8 Å². The Morgan fingerprint density at radius 3 is 2.45 bits per heavy atom. The lowest BCUT2D eigenvalue weighted by Gasteiger charge is -2.39. The van der Waals surface area contributed by atoms with Crippen LogP contribution in [0, 0.1) is 6.20 Å². The van der Waals surface area contributed by atoms with Crippen LogP contribution in [0.2, 0.25) is 0 Å². The SMILES string of the molecule is CC(C)N1CCN(C2=[C]NCC(CN3CCCCC3)=C2)CC1. The Bertz CT molecular complexity index is 413. The first kappa shape index (κ1) is 15.9. The third-order valence-corrected chi connectivity index (χ3v) is 5.13. The summed E-state index contributed by atoms with van der Waals surface area (Å²) in [5.74, 6) is 0. The minimum Gasteiger partial charge on any atom is -0.378 e. The van der Waals surface area contributed by atoms with Gasteiger partial charge < -0.3 is 10.2 Å². The van der Waals surface area contributed by atoms with Crippen LogP contribution < -0.4 is 5.32 Å². The van der Waals surface area contributed by atoms with Crippen LogP contribution in [0.25, 0.3) is 0 Å². The summed E-state index contributed by atoms with van der Waals surface area (Å²) in [6, 6.07) is 0.662. The van der Waals surface area contributed by atoms with Gasteiger partial charge in [0.1, 0.15) is 0 Å². The maximum atomic E-state index is 3.38. The van der Waals surface area contributed by atoms with Gasteiger partial charge in [-0.25, -0.2) is 0 Å². The minimum atomic E-state index is 0.662. The summed E-state index contributed by atoms with van der Waals surface area (Å²) in [5.41, 5.74) is 2.78. The summed E-state index contributed by atoms with van der Waals surface area (Å²) in [4.78, 5) is 7.66. The monoisotopic (exact) mass is 303 g/mol. The van der Waals surface area contributed by atoms with Crippen molar-refractivity contribution in [1.29, 1.82) is 0 Å². The summed E-state index contributed by atoms with van der Waals surface area (Å²) in [7, 11) is 0. The zero-order chi connectivity index (χ0) is 15.4. The molecule has 3 heterocycles. The van der Waals surface area contributed by atoms with Gasteiger partial charge in [0.05, 0.1) is 11.9 Å². The molecule has 1 N–H and O–H groups in total. The summed E-state index contributed by atoms with van der Waals surface area (Å²) >= 11 is 0. The van der Waals surface area contributed by atoms with Crippen molar-refractivity contribution >= 4 is 0 Å². The number of likely N-dealkylation sites (tertiary alicyclic amines) is 1. The van der Waals surface area contributed by atoms with Crippen LogP contribution in [0.4, 0.5) is 0 Å². The molecule has 22 heavy (non-hydrogen) atoms. The Labute approximate surface area is 135 Å². The van der Waals surface area contributed by atoms with Crippen LogP contribution >= 0.6 is 0 Å². The highest BCUT2D eigenvalue weighted by Gasteiger charge is 2.21. The molecule has 0 saturated carbocycles. The molecule has 1 radical (unpaired) electrons. The summed E-state index contributed by atoms with van der Waals surface area (Å²) in [5, 5.41) is 3.37. The third kappa shape index (κ3) is 4.05. The molecule has 0 aliphatic carbocycles. The number of piperazine rings is 1. The molecule has 0 aromatic carbocycles. The van der Waals surface area contributed by atoms with Crippen molar-refractivity contribution in [3.8, 4) is 0 Å². The van der Waals surface area contributed by atoms with Crippen molar-refractivity contribution in [2.45, 2.75) is 39.2 Å². The molecule has 0 aromatic heterocycles. The zero-order valence-electron chi connectivity index (χ0n) is 14.3. The molecule has 3 rings (SSSR count). The number of dihydropyridines is 1. The van der Waals surface area contributed by atoms with Gasteiger partial charge in [-0.3, -0.25) is 9.80 Å². The van der Waals surface area contributed by atoms with Gasteiger partial charge in [-0.15, -0.1) is 0 Å². The first-order chi connectivity index (χ1) is 10.7. The van der Waals surface area contributed by atoms with Gasteiger partial charge in [-0.05, 0) is 51.4 Å². The number of rotatable bonds is 4. The first-order valence-corrected chi connectivity index (χ1v) is 8.99. The molecule has 123 valence electrons. The van der Waals surface area contributed by atoms with Gasteiger partial charge in [0.15, 0.2) is 0 Å². The fourth-order valence-corrected chi connectivity index (χ4v) is 3.68. The van der Waals surface area contributed by atoms with E-state index in [0.717, 1.165) is 39.3 Å². The molecule has 3 aliphatic rings. The van der Waals surface area contributed by atoms with Crippen molar-refractivity contribution in [2.24, 2.45) is 0 Å². The molecule has 4 nitrogen and oxygen atoms in total. The third-order valence-electron chi connectivity index (χ3n) is 5.13. The molecule has 2 saturated heterocycles. The van der Waals surface area contributed by atoms with Crippen molar-refractivity contribution in [3.63, 3.8) is 0 Å². The van der Waals surface area contributed by atoms with E-state index in [1.807, 2.05) is 0 Å². The average Bonchev–Trinajstić information content (AvgIpc) is 2.56. The first-order valence-electron chi connectivity index (χ1n) is 8.99. The molecule has 4 heteroatoms. The van der Waals surface area contributed by atoms with E-state index < -0.39 is 0 Å². The lowest BCUT2D eigenvalue weighted by atomic mass is 10.1. The van der Waals surface area contributed by atoms with E-state index in [1.165, 1.54) is 43.6 Å². The molecular formula is C18H31N4. The molecule has 0 atom stereocenters. The van der Waals surface area contributed by atoms with Crippen molar-refractivity contribution in [1.82, 2.24) is 20.0 Å². The maximum absolute atomic E-state index is 3.38. The predicted octanol–water partition coefficient (Wildman–Crippen LogP) is 1.67. The van der Waals surface area contributed by atoms with E-state index in [2.05, 4.69) is 46.1 Å². The Kier molecular flexibility index (Phi) is 5.42. The van der Waals surface area contributed by atoms with Crippen LogP contribution in [0.15, 0.2) is 17.3 Å². The van der Waals surface area contributed by atoms with Crippen molar-refractivity contribution in [3.05, 3.63) is 23.5 Å². The average molecular weight is 303 g/mol. The van der Waals surface area contributed by atoms with Gasteiger partial charge in [-0.1, -0.05) is 6.42 Å². The molecule has 2 fully saturated rings. The second-order valence-corrected chi connectivity index (χ2v) is 7.12.